The first-order valence-corrected chi connectivity index (χ1v) is 10.6. The van der Waals surface area contributed by atoms with Crippen LogP contribution in [0.5, 0.6) is 0 Å². The Balaban J connectivity index is 2.13. The van der Waals surface area contributed by atoms with Gasteiger partial charge in [-0.2, -0.15) is 0 Å². The highest BCUT2D eigenvalue weighted by Gasteiger charge is 2.30. The molecule has 27 heavy (non-hydrogen) atoms. The van der Waals surface area contributed by atoms with Gasteiger partial charge in [0.15, 0.2) is 0 Å². The van der Waals surface area contributed by atoms with E-state index in [2.05, 4.69) is 5.32 Å². The largest absolute Gasteiger partial charge is 0.354 e. The first kappa shape index (κ1) is 21.2. The molecule has 0 saturated heterocycles. The Kier molecular flexibility index (Phi) is 6.84. The van der Waals surface area contributed by atoms with Crippen LogP contribution in [0.25, 0.3) is 0 Å². The number of hydrogen-bond donors (Lipinski definition) is 1. The molecule has 1 atom stereocenters. The maximum absolute atomic E-state index is 12.9. The second-order valence-corrected chi connectivity index (χ2v) is 8.63. The lowest BCUT2D eigenvalue weighted by atomic mass is 10.1. The van der Waals surface area contributed by atoms with Crippen LogP contribution in [0.15, 0.2) is 42.5 Å². The average Bonchev–Trinajstić information content (AvgIpc) is 2.58. The Bertz CT molecular complexity index is 917. The van der Waals surface area contributed by atoms with E-state index in [-0.39, 0.29) is 5.82 Å². The molecule has 146 valence electrons. The highest BCUT2D eigenvalue weighted by Crippen LogP contribution is 2.28. The van der Waals surface area contributed by atoms with Gasteiger partial charge in [-0.15, -0.1) is 0 Å². The highest BCUT2D eigenvalue weighted by atomic mass is 35.5. The van der Waals surface area contributed by atoms with Crippen LogP contribution in [0, 0.1) is 12.7 Å². The minimum Gasteiger partial charge on any atom is -0.354 e. The molecule has 1 N–H and O–H groups in total. The lowest BCUT2D eigenvalue weighted by Gasteiger charge is -2.29. The van der Waals surface area contributed by atoms with E-state index in [0.717, 1.165) is 16.1 Å². The van der Waals surface area contributed by atoms with Crippen LogP contribution in [0.3, 0.4) is 0 Å². The monoisotopic (exact) mass is 412 g/mol. The number of hydrogen-bond acceptors (Lipinski definition) is 3. The summed E-state index contributed by atoms with van der Waals surface area (Å²) >= 11 is 6.01. The number of benzene rings is 2. The fraction of sp³-hybridized carbons (Fsp3) is 0.316. The van der Waals surface area contributed by atoms with Crippen molar-refractivity contribution in [1.82, 2.24) is 5.32 Å². The summed E-state index contributed by atoms with van der Waals surface area (Å²) in [5.74, 6) is -0.751. The molecular formula is C19H22ClFN2O3S. The molecule has 0 saturated carbocycles. The number of nitrogens with one attached hydrogen (secondary N) is 1. The van der Waals surface area contributed by atoms with Gasteiger partial charge in [0, 0.05) is 11.6 Å². The standard InChI is InChI=1S/C19H22ClFN2O3S/c1-13-4-7-16(20)12-18(13)23(27(3,25)26)14(2)19(24)22-11-10-15-5-8-17(21)9-6-15/h4-9,12,14H,10-11H2,1-3H3,(H,22,24). The number of rotatable bonds is 7. The molecule has 1 amide bonds. The van der Waals surface area contributed by atoms with Crippen LogP contribution in [0.1, 0.15) is 18.1 Å². The number of aryl methyl sites for hydroxylation is 1. The second-order valence-electron chi connectivity index (χ2n) is 6.33. The van der Waals surface area contributed by atoms with Crippen LogP contribution in [0.2, 0.25) is 5.02 Å². The first-order chi connectivity index (χ1) is 12.6. The van der Waals surface area contributed by atoms with Crippen molar-refractivity contribution in [3.05, 3.63) is 64.4 Å². The van der Waals surface area contributed by atoms with E-state index in [1.54, 1.807) is 31.2 Å². The van der Waals surface area contributed by atoms with Crippen molar-refractivity contribution in [3.63, 3.8) is 0 Å². The Morgan fingerprint density at radius 1 is 1.22 bits per heavy atom. The smallest absolute Gasteiger partial charge is 0.243 e. The van der Waals surface area contributed by atoms with Crippen molar-refractivity contribution in [1.29, 1.82) is 0 Å². The molecule has 0 aromatic heterocycles. The first-order valence-electron chi connectivity index (χ1n) is 8.37. The lowest BCUT2D eigenvalue weighted by Crippen LogP contribution is -2.48. The fourth-order valence-corrected chi connectivity index (χ4v) is 4.12. The van der Waals surface area contributed by atoms with Crippen LogP contribution in [-0.4, -0.2) is 33.2 Å². The average molecular weight is 413 g/mol. The summed E-state index contributed by atoms with van der Waals surface area (Å²) in [5.41, 5.74) is 1.93. The zero-order valence-corrected chi connectivity index (χ0v) is 16.9. The lowest BCUT2D eigenvalue weighted by molar-refractivity contribution is -0.121. The second kappa shape index (κ2) is 8.71. The Labute approximate surface area is 164 Å². The molecule has 0 aliphatic rings. The van der Waals surface area contributed by atoms with E-state index >= 15 is 0 Å². The van der Waals surface area contributed by atoms with Crippen molar-refractivity contribution in [2.75, 3.05) is 17.1 Å². The van der Waals surface area contributed by atoms with Crippen LogP contribution in [-0.2, 0) is 21.2 Å². The predicted octanol–water partition coefficient (Wildman–Crippen LogP) is 3.30. The molecule has 0 heterocycles. The van der Waals surface area contributed by atoms with E-state index in [9.17, 15) is 17.6 Å². The third-order valence-electron chi connectivity index (χ3n) is 4.12. The Morgan fingerprint density at radius 2 is 1.85 bits per heavy atom. The molecule has 0 bridgehead atoms. The Morgan fingerprint density at radius 3 is 2.44 bits per heavy atom. The summed E-state index contributed by atoms with van der Waals surface area (Å²) in [4.78, 5) is 12.5. The Hall–Kier alpha value is -2.12. The zero-order valence-electron chi connectivity index (χ0n) is 15.4. The number of sulfonamides is 1. The molecule has 0 radical (unpaired) electrons. The normalized spacial score (nSPS) is 12.5. The number of halogens is 2. The van der Waals surface area contributed by atoms with Gasteiger partial charge in [0.1, 0.15) is 11.9 Å². The summed E-state index contributed by atoms with van der Waals surface area (Å²) in [6.45, 7) is 3.58. The zero-order chi connectivity index (χ0) is 20.2. The van der Waals surface area contributed by atoms with E-state index in [4.69, 9.17) is 11.6 Å². The van der Waals surface area contributed by atoms with Gasteiger partial charge in [-0.1, -0.05) is 29.8 Å². The van der Waals surface area contributed by atoms with Gasteiger partial charge in [0.2, 0.25) is 15.9 Å². The van der Waals surface area contributed by atoms with Crippen LogP contribution >= 0.6 is 11.6 Å². The third-order valence-corrected chi connectivity index (χ3v) is 5.59. The van der Waals surface area contributed by atoms with Crippen molar-refractivity contribution in [2.45, 2.75) is 26.3 Å². The molecule has 0 aliphatic heterocycles. The van der Waals surface area contributed by atoms with Crippen molar-refractivity contribution >= 4 is 33.2 Å². The van der Waals surface area contributed by atoms with E-state index < -0.39 is 22.0 Å². The number of anilines is 1. The summed E-state index contributed by atoms with van der Waals surface area (Å²) < 4.78 is 38.7. The fourth-order valence-electron chi connectivity index (χ4n) is 2.73. The topological polar surface area (TPSA) is 66.5 Å². The van der Waals surface area contributed by atoms with Gasteiger partial charge < -0.3 is 5.32 Å². The van der Waals surface area contributed by atoms with Gasteiger partial charge in [0.25, 0.3) is 0 Å². The molecule has 2 aromatic carbocycles. The SMILES string of the molecule is Cc1ccc(Cl)cc1N(C(C)C(=O)NCCc1ccc(F)cc1)S(C)(=O)=O. The molecule has 0 spiro atoms. The predicted molar refractivity (Wildman–Crippen MR) is 106 cm³/mol. The molecule has 0 aliphatic carbocycles. The van der Waals surface area contributed by atoms with E-state index in [1.165, 1.54) is 25.1 Å². The van der Waals surface area contributed by atoms with E-state index in [0.29, 0.717) is 29.2 Å². The molecule has 5 nitrogen and oxygen atoms in total. The van der Waals surface area contributed by atoms with Crippen LogP contribution in [0.4, 0.5) is 10.1 Å². The highest BCUT2D eigenvalue weighted by molar-refractivity contribution is 7.92. The molecule has 1 unspecified atom stereocenters. The number of carbonyl (C=O) groups excluding carboxylic acids is 1. The maximum Gasteiger partial charge on any atom is 0.243 e. The van der Waals surface area contributed by atoms with Gasteiger partial charge >= 0.3 is 0 Å². The van der Waals surface area contributed by atoms with Crippen molar-refractivity contribution < 1.29 is 17.6 Å². The third kappa shape index (κ3) is 5.68. The van der Waals surface area contributed by atoms with Gasteiger partial charge in [-0.25, -0.2) is 12.8 Å². The quantitative estimate of drug-likeness (QED) is 0.758. The maximum atomic E-state index is 12.9. The molecule has 0 fully saturated rings. The van der Waals surface area contributed by atoms with Gasteiger partial charge in [-0.05, 0) is 55.7 Å². The van der Waals surface area contributed by atoms with Crippen molar-refractivity contribution in [3.8, 4) is 0 Å². The summed E-state index contributed by atoms with van der Waals surface area (Å²) in [7, 11) is -3.71. The number of amides is 1. The molecule has 2 rings (SSSR count). The van der Waals surface area contributed by atoms with Gasteiger partial charge in [-0.3, -0.25) is 9.10 Å². The molecular weight excluding hydrogens is 391 g/mol. The van der Waals surface area contributed by atoms with Crippen molar-refractivity contribution in [2.24, 2.45) is 0 Å². The summed E-state index contributed by atoms with van der Waals surface area (Å²) in [6.07, 6.45) is 1.56. The van der Waals surface area contributed by atoms with Gasteiger partial charge in [0.05, 0.1) is 11.9 Å². The minimum atomic E-state index is -3.71. The number of carbonyl (C=O) groups is 1. The molecule has 8 heteroatoms. The summed E-state index contributed by atoms with van der Waals surface area (Å²) in [5, 5.41) is 3.11. The molecule has 2 aromatic rings. The minimum absolute atomic E-state index is 0.306. The summed E-state index contributed by atoms with van der Waals surface area (Å²) in [6, 6.07) is 9.93. The van der Waals surface area contributed by atoms with E-state index in [1.807, 2.05) is 0 Å². The van der Waals surface area contributed by atoms with Crippen LogP contribution < -0.4 is 9.62 Å². The number of nitrogens with zero attached hydrogens (tertiary/aromatic N) is 1.